The van der Waals surface area contributed by atoms with Crippen molar-refractivity contribution < 1.29 is 0 Å². The fourth-order valence-electron chi connectivity index (χ4n) is 1.53. The van der Waals surface area contributed by atoms with Crippen molar-refractivity contribution in [3.8, 4) is 0 Å². The maximum Gasteiger partial charge on any atom is 0.0683 e. The predicted octanol–water partition coefficient (Wildman–Crippen LogP) is 2.28. The third-order valence-corrected chi connectivity index (χ3v) is 3.35. The van der Waals surface area contributed by atoms with Crippen LogP contribution in [0.4, 0.5) is 0 Å². The zero-order chi connectivity index (χ0) is 11.8. The van der Waals surface area contributed by atoms with Crippen LogP contribution in [0, 0.1) is 0 Å². The van der Waals surface area contributed by atoms with Gasteiger partial charge in [0.2, 0.25) is 0 Å². The van der Waals surface area contributed by atoms with Gasteiger partial charge in [-0.15, -0.1) is 0 Å². The van der Waals surface area contributed by atoms with Crippen LogP contribution in [-0.2, 0) is 6.54 Å². The Bertz CT molecular complexity index is 300. The molecule has 1 rings (SSSR count). The van der Waals surface area contributed by atoms with E-state index in [-0.39, 0.29) is 0 Å². The zero-order valence-electron chi connectivity index (χ0n) is 10.0. The summed E-state index contributed by atoms with van der Waals surface area (Å²) in [6, 6.07) is 3.96. The second-order valence-corrected chi connectivity index (χ2v) is 4.49. The molecule has 0 aliphatic carbocycles. The van der Waals surface area contributed by atoms with Crippen LogP contribution in [0.3, 0.4) is 0 Å². The van der Waals surface area contributed by atoms with Crippen LogP contribution in [0.25, 0.3) is 0 Å². The highest BCUT2D eigenvalue weighted by Gasteiger charge is 2.00. The maximum absolute atomic E-state index is 4.31. The van der Waals surface area contributed by atoms with E-state index in [1.165, 1.54) is 0 Å². The van der Waals surface area contributed by atoms with Crippen molar-refractivity contribution in [3.05, 3.63) is 28.5 Å². The molecule has 16 heavy (non-hydrogen) atoms. The Balaban J connectivity index is 2.23. The molecule has 3 nitrogen and oxygen atoms in total. The lowest BCUT2D eigenvalue weighted by atomic mass is 10.3. The minimum atomic E-state index is 0.822. The van der Waals surface area contributed by atoms with E-state index in [0.717, 1.165) is 42.9 Å². The summed E-state index contributed by atoms with van der Waals surface area (Å²) in [6.07, 6.45) is 1.83. The van der Waals surface area contributed by atoms with Gasteiger partial charge in [-0.25, -0.2) is 0 Å². The van der Waals surface area contributed by atoms with Gasteiger partial charge >= 0.3 is 0 Å². The lowest BCUT2D eigenvalue weighted by Crippen LogP contribution is -2.31. The van der Waals surface area contributed by atoms with E-state index in [0.29, 0.717) is 0 Å². The highest BCUT2D eigenvalue weighted by atomic mass is 79.9. The first kappa shape index (κ1) is 13.6. The monoisotopic (exact) mass is 285 g/mol. The molecule has 0 unspecified atom stereocenters. The Morgan fingerprint density at radius 3 is 2.75 bits per heavy atom. The lowest BCUT2D eigenvalue weighted by Gasteiger charge is -2.17. The summed E-state index contributed by atoms with van der Waals surface area (Å²) in [5.41, 5.74) is 1.07. The molecule has 1 heterocycles. The van der Waals surface area contributed by atoms with Crippen molar-refractivity contribution in [2.75, 3.05) is 26.2 Å². The Morgan fingerprint density at radius 1 is 1.38 bits per heavy atom. The van der Waals surface area contributed by atoms with Gasteiger partial charge in [-0.3, -0.25) is 4.98 Å². The third-order valence-electron chi connectivity index (χ3n) is 2.63. The molecule has 1 N–H and O–H groups in total. The molecule has 1 aromatic heterocycles. The van der Waals surface area contributed by atoms with Crippen molar-refractivity contribution in [1.29, 1.82) is 0 Å². The zero-order valence-corrected chi connectivity index (χ0v) is 11.6. The van der Waals surface area contributed by atoms with Crippen LogP contribution in [0.2, 0.25) is 0 Å². The van der Waals surface area contributed by atoms with Crippen molar-refractivity contribution >= 4 is 15.9 Å². The van der Waals surface area contributed by atoms with Gasteiger partial charge in [-0.1, -0.05) is 13.8 Å². The van der Waals surface area contributed by atoms with Gasteiger partial charge in [0.1, 0.15) is 0 Å². The average Bonchev–Trinajstić information content (AvgIpc) is 2.31. The summed E-state index contributed by atoms with van der Waals surface area (Å²) in [6.45, 7) is 9.54. The number of hydrogen-bond donors (Lipinski definition) is 1. The molecule has 90 valence electrons. The molecule has 0 saturated heterocycles. The Kier molecular flexibility index (Phi) is 6.61. The number of nitrogens with zero attached hydrogens (tertiary/aromatic N) is 2. The Labute approximate surface area is 106 Å². The van der Waals surface area contributed by atoms with Gasteiger partial charge in [0.25, 0.3) is 0 Å². The normalized spacial score (nSPS) is 11.0. The van der Waals surface area contributed by atoms with E-state index in [2.05, 4.69) is 45.0 Å². The van der Waals surface area contributed by atoms with Gasteiger partial charge in [-0.05, 0) is 41.2 Å². The lowest BCUT2D eigenvalue weighted by molar-refractivity contribution is 0.302. The molecule has 0 aromatic carbocycles. The molecule has 0 saturated carbocycles. The second-order valence-electron chi connectivity index (χ2n) is 3.64. The quantitative estimate of drug-likeness (QED) is 0.779. The molecule has 0 aliphatic rings. The summed E-state index contributed by atoms with van der Waals surface area (Å²) >= 11 is 3.49. The molecule has 1 aromatic rings. The van der Waals surface area contributed by atoms with E-state index < -0.39 is 0 Å². The highest BCUT2D eigenvalue weighted by Crippen LogP contribution is 2.12. The third kappa shape index (κ3) is 4.60. The molecule has 0 spiro atoms. The first-order chi connectivity index (χ1) is 7.77. The minimum Gasteiger partial charge on any atom is -0.310 e. The Hall–Kier alpha value is -0.450. The molecule has 0 aliphatic heterocycles. The van der Waals surface area contributed by atoms with Crippen molar-refractivity contribution in [1.82, 2.24) is 15.2 Å². The smallest absolute Gasteiger partial charge is 0.0683 e. The van der Waals surface area contributed by atoms with Crippen molar-refractivity contribution in [2.45, 2.75) is 20.4 Å². The van der Waals surface area contributed by atoms with Crippen LogP contribution in [-0.4, -0.2) is 36.1 Å². The maximum atomic E-state index is 4.31. The molecule has 0 atom stereocenters. The first-order valence-electron chi connectivity index (χ1n) is 5.80. The molecule has 4 heteroatoms. The fourth-order valence-corrected chi connectivity index (χ4v) is 1.93. The number of likely N-dealkylation sites (N-methyl/N-ethyl adjacent to an activating group) is 1. The van der Waals surface area contributed by atoms with E-state index in [4.69, 9.17) is 0 Å². The van der Waals surface area contributed by atoms with Gasteiger partial charge in [0.15, 0.2) is 0 Å². The Morgan fingerprint density at radius 2 is 2.12 bits per heavy atom. The van der Waals surface area contributed by atoms with Crippen molar-refractivity contribution in [3.63, 3.8) is 0 Å². The van der Waals surface area contributed by atoms with E-state index >= 15 is 0 Å². The van der Waals surface area contributed by atoms with Crippen LogP contribution in [0.5, 0.6) is 0 Å². The highest BCUT2D eigenvalue weighted by molar-refractivity contribution is 9.10. The van der Waals surface area contributed by atoms with Crippen molar-refractivity contribution in [2.24, 2.45) is 0 Å². The van der Waals surface area contributed by atoms with Gasteiger partial charge in [0, 0.05) is 30.3 Å². The number of halogens is 1. The average molecular weight is 286 g/mol. The number of pyridine rings is 1. The SMILES string of the molecule is CCN(CC)CCNCc1ncccc1Br. The van der Waals surface area contributed by atoms with Crippen LogP contribution >= 0.6 is 15.9 Å². The molecule has 0 fully saturated rings. The van der Waals surface area contributed by atoms with E-state index in [1.54, 1.807) is 0 Å². The van der Waals surface area contributed by atoms with Gasteiger partial charge in [0.05, 0.1) is 5.69 Å². The van der Waals surface area contributed by atoms with Gasteiger partial charge < -0.3 is 10.2 Å². The summed E-state index contributed by atoms with van der Waals surface area (Å²) in [7, 11) is 0. The standard InChI is InChI=1S/C12H20BrN3/c1-3-16(4-2)9-8-14-10-12-11(13)6-5-7-15-12/h5-7,14H,3-4,8-10H2,1-2H3. The summed E-state index contributed by atoms with van der Waals surface area (Å²) < 4.78 is 1.07. The molecule has 0 bridgehead atoms. The number of aromatic nitrogens is 1. The van der Waals surface area contributed by atoms with E-state index in [9.17, 15) is 0 Å². The molecular weight excluding hydrogens is 266 g/mol. The first-order valence-corrected chi connectivity index (χ1v) is 6.59. The van der Waals surface area contributed by atoms with Crippen LogP contribution in [0.15, 0.2) is 22.8 Å². The van der Waals surface area contributed by atoms with E-state index in [1.807, 2.05) is 18.3 Å². The molecular formula is C12H20BrN3. The summed E-state index contributed by atoms with van der Waals surface area (Å²) in [5.74, 6) is 0. The molecule has 0 radical (unpaired) electrons. The predicted molar refractivity (Wildman–Crippen MR) is 71.4 cm³/mol. The summed E-state index contributed by atoms with van der Waals surface area (Å²) in [5, 5.41) is 3.41. The fraction of sp³-hybridized carbons (Fsp3) is 0.583. The van der Waals surface area contributed by atoms with Crippen LogP contribution < -0.4 is 5.32 Å². The minimum absolute atomic E-state index is 0.822. The molecule has 0 amide bonds. The van der Waals surface area contributed by atoms with Crippen LogP contribution in [0.1, 0.15) is 19.5 Å². The second kappa shape index (κ2) is 7.76. The summed E-state index contributed by atoms with van der Waals surface area (Å²) in [4.78, 5) is 6.72. The number of hydrogen-bond acceptors (Lipinski definition) is 3. The topological polar surface area (TPSA) is 28.2 Å². The van der Waals surface area contributed by atoms with Gasteiger partial charge in [-0.2, -0.15) is 0 Å². The largest absolute Gasteiger partial charge is 0.310 e. The number of rotatable bonds is 7. The number of nitrogens with one attached hydrogen (secondary N) is 1.